The Morgan fingerprint density at radius 1 is 1.26 bits per heavy atom. The third-order valence-electron chi connectivity index (χ3n) is 3.97. The Labute approximate surface area is 114 Å². The van der Waals surface area contributed by atoms with Crippen LogP contribution in [0.5, 0.6) is 0 Å². The molecule has 1 N–H and O–H groups in total. The summed E-state index contributed by atoms with van der Waals surface area (Å²) in [5, 5.41) is 10.3. The maximum absolute atomic E-state index is 11.8. The number of carbonyl (C=O) groups is 1. The van der Waals surface area contributed by atoms with Gasteiger partial charge in [0.25, 0.3) is 0 Å². The molecule has 2 atom stereocenters. The van der Waals surface area contributed by atoms with Gasteiger partial charge in [-0.2, -0.15) is 0 Å². The molecule has 2 heterocycles. The van der Waals surface area contributed by atoms with Crippen LogP contribution in [0, 0.1) is 0 Å². The molecule has 0 bridgehead atoms. The van der Waals surface area contributed by atoms with E-state index in [1.54, 1.807) is 4.90 Å². The lowest BCUT2D eigenvalue weighted by Crippen LogP contribution is -2.49. The summed E-state index contributed by atoms with van der Waals surface area (Å²) in [6, 6.07) is 0.143. The fourth-order valence-electron chi connectivity index (χ4n) is 2.87. The molecular weight excluding hydrogens is 248 g/mol. The van der Waals surface area contributed by atoms with Crippen molar-refractivity contribution in [1.82, 2.24) is 9.80 Å². The van der Waals surface area contributed by atoms with E-state index in [0.29, 0.717) is 19.5 Å². The molecule has 19 heavy (non-hydrogen) atoms. The van der Waals surface area contributed by atoms with Crippen LogP contribution in [0.15, 0.2) is 0 Å². The van der Waals surface area contributed by atoms with Crippen molar-refractivity contribution in [3.63, 3.8) is 0 Å². The summed E-state index contributed by atoms with van der Waals surface area (Å²) in [6.45, 7) is 4.64. The normalized spacial score (nSPS) is 30.1. The second-order valence-electron chi connectivity index (χ2n) is 5.17. The van der Waals surface area contributed by atoms with Crippen LogP contribution >= 0.6 is 0 Å². The number of aliphatic hydroxyl groups is 1. The average molecular weight is 272 g/mol. The molecule has 6 nitrogen and oxygen atoms in total. The van der Waals surface area contributed by atoms with Crippen molar-refractivity contribution < 1.29 is 19.4 Å². The topological polar surface area (TPSA) is 62.2 Å². The van der Waals surface area contributed by atoms with Crippen molar-refractivity contribution in [2.24, 2.45) is 0 Å². The summed E-state index contributed by atoms with van der Waals surface area (Å²) in [5.74, 6) is 0.0114. The van der Waals surface area contributed by atoms with Crippen molar-refractivity contribution in [3.05, 3.63) is 0 Å². The Morgan fingerprint density at radius 2 is 1.95 bits per heavy atom. The smallest absolute Gasteiger partial charge is 0.248 e. The highest BCUT2D eigenvalue weighted by Gasteiger charge is 2.31. The molecule has 2 aliphatic heterocycles. The van der Waals surface area contributed by atoms with Crippen LogP contribution in [0.25, 0.3) is 0 Å². The van der Waals surface area contributed by atoms with Gasteiger partial charge in [-0.15, -0.1) is 0 Å². The second kappa shape index (κ2) is 7.19. The fourth-order valence-corrected chi connectivity index (χ4v) is 2.87. The zero-order valence-electron chi connectivity index (χ0n) is 11.6. The van der Waals surface area contributed by atoms with Crippen LogP contribution in [0.4, 0.5) is 0 Å². The minimum absolute atomic E-state index is 0.0114. The zero-order valence-corrected chi connectivity index (χ0v) is 11.6. The lowest BCUT2D eigenvalue weighted by Gasteiger charge is -2.36. The van der Waals surface area contributed by atoms with Gasteiger partial charge < -0.3 is 19.5 Å². The molecule has 0 spiro atoms. The van der Waals surface area contributed by atoms with Crippen LogP contribution in [0.2, 0.25) is 0 Å². The maximum Gasteiger partial charge on any atom is 0.248 e. The van der Waals surface area contributed by atoms with Crippen LogP contribution in [-0.4, -0.2) is 86.1 Å². The summed E-state index contributed by atoms with van der Waals surface area (Å²) in [7, 11) is 1.53. The summed E-state index contributed by atoms with van der Waals surface area (Å²) in [6.07, 6.45) is 1.09. The molecule has 0 unspecified atom stereocenters. The molecule has 2 saturated heterocycles. The number of hydrogen-bond acceptors (Lipinski definition) is 5. The Morgan fingerprint density at radius 3 is 2.63 bits per heavy atom. The van der Waals surface area contributed by atoms with E-state index in [4.69, 9.17) is 9.47 Å². The number of hydrogen-bond donors (Lipinski definition) is 1. The first kappa shape index (κ1) is 14.7. The minimum atomic E-state index is -0.363. The number of ether oxygens (including phenoxy) is 2. The quantitative estimate of drug-likeness (QED) is 0.737. The van der Waals surface area contributed by atoms with Crippen molar-refractivity contribution in [2.45, 2.75) is 25.0 Å². The molecule has 0 radical (unpaired) electrons. The number of aliphatic hydroxyl groups excluding tert-OH is 1. The van der Waals surface area contributed by atoms with Crippen molar-refractivity contribution in [2.75, 3.05) is 53.1 Å². The van der Waals surface area contributed by atoms with Crippen molar-refractivity contribution in [1.29, 1.82) is 0 Å². The molecular formula is C13H24N2O4. The highest BCUT2D eigenvalue weighted by Crippen LogP contribution is 2.19. The lowest BCUT2D eigenvalue weighted by molar-refractivity contribution is -0.135. The molecule has 0 aromatic carbocycles. The number of amides is 1. The van der Waals surface area contributed by atoms with Crippen LogP contribution < -0.4 is 0 Å². The number of morpholine rings is 1. The molecule has 2 fully saturated rings. The van der Waals surface area contributed by atoms with E-state index >= 15 is 0 Å². The number of methoxy groups -OCH3 is 1. The van der Waals surface area contributed by atoms with E-state index < -0.39 is 0 Å². The number of likely N-dealkylation sites (tertiary alicyclic amines) is 1. The van der Waals surface area contributed by atoms with Crippen molar-refractivity contribution in [3.8, 4) is 0 Å². The Bertz CT molecular complexity index is 294. The molecule has 2 aliphatic rings. The fraction of sp³-hybridized carbons (Fsp3) is 0.923. The Balaban J connectivity index is 1.91. The first-order valence-electron chi connectivity index (χ1n) is 6.99. The van der Waals surface area contributed by atoms with Gasteiger partial charge in [0, 0.05) is 39.3 Å². The van der Waals surface area contributed by atoms with E-state index in [-0.39, 0.29) is 24.7 Å². The van der Waals surface area contributed by atoms with E-state index in [0.717, 1.165) is 32.7 Å². The third-order valence-corrected chi connectivity index (χ3v) is 3.97. The second-order valence-corrected chi connectivity index (χ2v) is 5.17. The summed E-state index contributed by atoms with van der Waals surface area (Å²) < 4.78 is 10.2. The average Bonchev–Trinajstić information content (AvgIpc) is 2.62. The van der Waals surface area contributed by atoms with Crippen LogP contribution in [0.1, 0.15) is 12.8 Å². The lowest BCUT2D eigenvalue weighted by atomic mass is 10.0. The van der Waals surface area contributed by atoms with Gasteiger partial charge in [-0.25, -0.2) is 0 Å². The summed E-state index contributed by atoms with van der Waals surface area (Å²) in [4.78, 5) is 15.9. The van der Waals surface area contributed by atoms with Gasteiger partial charge in [0.15, 0.2) is 0 Å². The zero-order chi connectivity index (χ0) is 13.7. The summed E-state index contributed by atoms with van der Waals surface area (Å²) in [5.41, 5.74) is 0. The Kier molecular flexibility index (Phi) is 5.57. The van der Waals surface area contributed by atoms with E-state index in [1.807, 2.05) is 0 Å². The van der Waals surface area contributed by atoms with Crippen LogP contribution in [0.3, 0.4) is 0 Å². The minimum Gasteiger partial charge on any atom is -0.391 e. The van der Waals surface area contributed by atoms with Gasteiger partial charge in [-0.3, -0.25) is 9.69 Å². The van der Waals surface area contributed by atoms with Gasteiger partial charge in [0.05, 0.1) is 19.3 Å². The number of rotatable bonds is 3. The SMILES string of the molecule is COCC(=O)N1CC[C@H](O)[C@@H](N2CCOCC2)CC1. The number of carbonyl (C=O) groups excluding carboxylic acids is 1. The van der Waals surface area contributed by atoms with E-state index in [2.05, 4.69) is 4.90 Å². The molecule has 110 valence electrons. The molecule has 0 aliphatic carbocycles. The molecule has 1 amide bonds. The third kappa shape index (κ3) is 3.89. The highest BCUT2D eigenvalue weighted by atomic mass is 16.5. The first-order chi connectivity index (χ1) is 9.22. The standard InChI is InChI=1S/C13H24N2O4/c1-18-10-13(17)15-4-2-11(12(16)3-5-15)14-6-8-19-9-7-14/h11-12,16H,2-10H2,1H3/t11-,12-/m0/s1. The van der Waals surface area contributed by atoms with Gasteiger partial charge in [-0.1, -0.05) is 0 Å². The molecule has 2 rings (SSSR count). The first-order valence-corrected chi connectivity index (χ1v) is 6.99. The van der Waals surface area contributed by atoms with E-state index in [9.17, 15) is 9.90 Å². The van der Waals surface area contributed by atoms with Gasteiger partial charge in [-0.05, 0) is 12.8 Å². The van der Waals surface area contributed by atoms with Gasteiger partial charge >= 0.3 is 0 Å². The van der Waals surface area contributed by atoms with E-state index in [1.165, 1.54) is 7.11 Å². The molecule has 6 heteroatoms. The molecule has 0 aromatic rings. The van der Waals surface area contributed by atoms with Crippen molar-refractivity contribution >= 4 is 5.91 Å². The van der Waals surface area contributed by atoms with Crippen LogP contribution in [-0.2, 0) is 14.3 Å². The monoisotopic (exact) mass is 272 g/mol. The Hall–Kier alpha value is -0.690. The largest absolute Gasteiger partial charge is 0.391 e. The number of nitrogens with zero attached hydrogens (tertiary/aromatic N) is 2. The molecule has 0 aromatic heterocycles. The predicted octanol–water partition coefficient (Wildman–Crippen LogP) is -0.683. The highest BCUT2D eigenvalue weighted by molar-refractivity contribution is 5.77. The predicted molar refractivity (Wildman–Crippen MR) is 69.9 cm³/mol. The molecule has 0 saturated carbocycles. The van der Waals surface area contributed by atoms with Gasteiger partial charge in [0.2, 0.25) is 5.91 Å². The maximum atomic E-state index is 11.8. The summed E-state index contributed by atoms with van der Waals surface area (Å²) >= 11 is 0. The van der Waals surface area contributed by atoms with Gasteiger partial charge in [0.1, 0.15) is 6.61 Å².